The smallest absolute Gasteiger partial charge is 0.419 e. The monoisotopic (exact) mass is 653 g/mol. The summed E-state index contributed by atoms with van der Waals surface area (Å²) in [6, 6.07) is 7.78. The first-order valence-electron chi connectivity index (χ1n) is 14.2. The number of carbonyl (C=O) groups is 1. The molecule has 15 heteroatoms. The van der Waals surface area contributed by atoms with Crippen LogP contribution in [0, 0.1) is 11.6 Å². The molecule has 8 nitrogen and oxygen atoms in total. The number of hydrogen-bond donors (Lipinski definition) is 1. The van der Waals surface area contributed by atoms with Crippen LogP contribution >= 0.6 is 0 Å². The first-order valence-corrected chi connectivity index (χ1v) is 14.2. The van der Waals surface area contributed by atoms with E-state index in [1.54, 1.807) is 12.1 Å². The largest absolute Gasteiger partial charge is 0.488 e. The van der Waals surface area contributed by atoms with E-state index in [0.29, 0.717) is 66.4 Å². The van der Waals surface area contributed by atoms with Crippen LogP contribution in [0.2, 0.25) is 0 Å². The Labute approximate surface area is 256 Å². The van der Waals surface area contributed by atoms with Crippen molar-refractivity contribution in [1.29, 1.82) is 0 Å². The summed E-state index contributed by atoms with van der Waals surface area (Å²) < 4.78 is 113. The maximum Gasteiger partial charge on any atom is 0.419 e. The molecule has 1 saturated heterocycles. The van der Waals surface area contributed by atoms with Crippen molar-refractivity contribution >= 4 is 17.0 Å². The van der Waals surface area contributed by atoms with E-state index in [9.17, 15) is 40.6 Å². The molecular weight excluding hydrogens is 627 g/mol. The summed E-state index contributed by atoms with van der Waals surface area (Å²) in [5, 5.41) is 9.49. The van der Waals surface area contributed by atoms with Crippen LogP contribution in [-0.2, 0) is 43.6 Å². The zero-order valence-electron chi connectivity index (χ0n) is 23.9. The number of nitrogens with zero attached hydrogens (tertiary/aromatic N) is 3. The summed E-state index contributed by atoms with van der Waals surface area (Å²) in [7, 11) is 0. The third-order valence-corrected chi connectivity index (χ3v) is 8.03. The number of hydrogen-bond acceptors (Lipinski definition) is 6. The number of aromatic carboxylic acids is 1. The summed E-state index contributed by atoms with van der Waals surface area (Å²) in [5.41, 5.74) is 0.395. The number of rotatable bonds is 10. The Bertz CT molecular complexity index is 1770. The molecule has 3 aromatic carbocycles. The van der Waals surface area contributed by atoms with Gasteiger partial charge >= 0.3 is 18.8 Å². The summed E-state index contributed by atoms with van der Waals surface area (Å²) in [6.45, 7) is -2.29. The van der Waals surface area contributed by atoms with E-state index in [4.69, 9.17) is 14.5 Å². The Kier molecular flexibility index (Phi) is 8.55. The summed E-state index contributed by atoms with van der Waals surface area (Å²) in [4.78, 5) is 18.3. The Morgan fingerprint density at radius 2 is 1.83 bits per heavy atom. The average molecular weight is 654 g/mol. The molecule has 244 valence electrons. The molecule has 6 rings (SSSR count). The molecule has 0 spiro atoms. The minimum absolute atomic E-state index is 0.0603. The molecule has 1 aromatic heterocycles. The topological polar surface area (TPSA) is 86.0 Å². The third-order valence-electron chi connectivity index (χ3n) is 8.03. The molecule has 3 heterocycles. The summed E-state index contributed by atoms with van der Waals surface area (Å²) >= 11 is 0. The van der Waals surface area contributed by atoms with E-state index in [1.165, 1.54) is 12.1 Å². The van der Waals surface area contributed by atoms with Crippen LogP contribution in [-0.4, -0.2) is 51.4 Å². The Balaban J connectivity index is 1.26. The standard InChI is InChI=1S/C31H26F7N3O5/c32-23-10-20(46-30(34)35)11-24(33)21(23)15-45-27-9-18-12-40(5-3-16(18)7-22(27)31(36,37)38)14-28-39-25-2-1-17(29(42)43)8-26(25)41(28)13-19-4-6-44-19/h1-2,7-11,19,30H,3-6,12-15H2,(H,42,43)/t19-/m0/s1. The van der Waals surface area contributed by atoms with Crippen LogP contribution in [0.25, 0.3) is 11.0 Å². The van der Waals surface area contributed by atoms with Gasteiger partial charge in [-0.05, 0) is 54.3 Å². The van der Waals surface area contributed by atoms with Crippen LogP contribution in [0.3, 0.4) is 0 Å². The van der Waals surface area contributed by atoms with Crippen molar-refractivity contribution in [3.63, 3.8) is 0 Å². The van der Waals surface area contributed by atoms with Gasteiger partial charge in [-0.15, -0.1) is 0 Å². The lowest BCUT2D eigenvalue weighted by molar-refractivity contribution is -0.139. The molecule has 4 aromatic rings. The molecule has 0 unspecified atom stereocenters. The van der Waals surface area contributed by atoms with Crippen LogP contribution in [0.4, 0.5) is 30.7 Å². The average Bonchev–Trinajstić information content (AvgIpc) is 3.28. The fourth-order valence-electron chi connectivity index (χ4n) is 5.62. The van der Waals surface area contributed by atoms with Gasteiger partial charge in [-0.3, -0.25) is 4.90 Å². The van der Waals surface area contributed by atoms with Crippen LogP contribution in [0.15, 0.2) is 42.5 Å². The van der Waals surface area contributed by atoms with Crippen molar-refractivity contribution in [2.75, 3.05) is 13.2 Å². The van der Waals surface area contributed by atoms with Gasteiger partial charge in [-0.25, -0.2) is 18.6 Å². The zero-order valence-corrected chi connectivity index (χ0v) is 23.9. The molecular formula is C31H26F7N3O5. The van der Waals surface area contributed by atoms with Crippen molar-refractivity contribution in [3.8, 4) is 11.5 Å². The zero-order chi connectivity index (χ0) is 32.7. The second-order valence-corrected chi connectivity index (χ2v) is 11.0. The van der Waals surface area contributed by atoms with Crippen LogP contribution in [0.5, 0.6) is 11.5 Å². The van der Waals surface area contributed by atoms with E-state index < -0.39 is 59.6 Å². The quantitative estimate of drug-likeness (QED) is 0.194. The SMILES string of the molecule is O=C(O)c1ccc2nc(CN3CCc4cc(C(F)(F)F)c(OCc5c(F)cc(OC(F)F)cc5F)cc4C3)n(C[C@@H]3CCO3)c2c1. The minimum atomic E-state index is -4.84. The number of halogens is 7. The second-order valence-electron chi connectivity index (χ2n) is 11.0. The number of carboxylic acid groups (broad SMARTS) is 1. The van der Waals surface area contributed by atoms with Crippen molar-refractivity contribution in [1.82, 2.24) is 14.5 Å². The van der Waals surface area contributed by atoms with E-state index in [0.717, 1.165) is 12.5 Å². The lowest BCUT2D eigenvalue weighted by Gasteiger charge is -2.31. The van der Waals surface area contributed by atoms with Gasteiger partial charge in [-0.1, -0.05) is 0 Å². The Morgan fingerprint density at radius 3 is 2.46 bits per heavy atom. The highest BCUT2D eigenvalue weighted by atomic mass is 19.4. The molecule has 1 fully saturated rings. The van der Waals surface area contributed by atoms with Gasteiger partial charge in [0.15, 0.2) is 0 Å². The van der Waals surface area contributed by atoms with Gasteiger partial charge in [0, 0.05) is 31.8 Å². The fraction of sp³-hybridized carbons (Fsp3) is 0.355. The highest BCUT2D eigenvalue weighted by Gasteiger charge is 2.36. The second kappa shape index (κ2) is 12.4. The number of ether oxygens (including phenoxy) is 3. The number of benzene rings is 3. The molecule has 2 aliphatic heterocycles. The highest BCUT2D eigenvalue weighted by molar-refractivity contribution is 5.92. The van der Waals surface area contributed by atoms with E-state index in [2.05, 4.69) is 4.74 Å². The predicted octanol–water partition coefficient (Wildman–Crippen LogP) is 6.56. The third kappa shape index (κ3) is 6.60. The van der Waals surface area contributed by atoms with Gasteiger partial charge in [-0.2, -0.15) is 22.0 Å². The molecule has 0 radical (unpaired) electrons. The molecule has 0 saturated carbocycles. The number of alkyl halides is 5. The first kappa shape index (κ1) is 31.6. The molecule has 1 N–H and O–H groups in total. The summed E-state index contributed by atoms with van der Waals surface area (Å²) in [6.07, 6.45) is -3.80. The van der Waals surface area contributed by atoms with Crippen molar-refractivity contribution in [2.45, 2.75) is 58.0 Å². The van der Waals surface area contributed by atoms with Crippen molar-refractivity contribution in [2.24, 2.45) is 0 Å². The Morgan fingerprint density at radius 1 is 1.09 bits per heavy atom. The minimum Gasteiger partial charge on any atom is -0.488 e. The first-order chi connectivity index (χ1) is 21.9. The maximum absolute atomic E-state index is 14.5. The molecule has 0 amide bonds. The Hall–Kier alpha value is -4.37. The van der Waals surface area contributed by atoms with Gasteiger partial charge in [0.25, 0.3) is 0 Å². The van der Waals surface area contributed by atoms with Crippen LogP contribution in [0.1, 0.15) is 44.9 Å². The molecule has 2 aliphatic rings. The van der Waals surface area contributed by atoms with Gasteiger partial charge < -0.3 is 23.9 Å². The number of aromatic nitrogens is 2. The van der Waals surface area contributed by atoms with Crippen molar-refractivity contribution in [3.05, 3.63) is 87.7 Å². The normalized spacial score (nSPS) is 16.8. The molecule has 1 atom stereocenters. The van der Waals surface area contributed by atoms with Gasteiger partial charge in [0.05, 0.1) is 46.9 Å². The lowest BCUT2D eigenvalue weighted by Crippen LogP contribution is -2.34. The lowest BCUT2D eigenvalue weighted by atomic mass is 9.96. The van der Waals surface area contributed by atoms with Crippen LogP contribution < -0.4 is 9.47 Å². The predicted molar refractivity (Wildman–Crippen MR) is 148 cm³/mol. The van der Waals surface area contributed by atoms with Gasteiger partial charge in [0.2, 0.25) is 0 Å². The number of imidazole rings is 1. The van der Waals surface area contributed by atoms with E-state index in [1.807, 2.05) is 9.47 Å². The highest BCUT2D eigenvalue weighted by Crippen LogP contribution is 2.40. The van der Waals surface area contributed by atoms with Gasteiger partial charge in [0.1, 0.15) is 35.6 Å². The number of fused-ring (bicyclic) bond motifs is 2. The number of carboxylic acids is 1. The fourth-order valence-corrected chi connectivity index (χ4v) is 5.62. The molecule has 46 heavy (non-hydrogen) atoms. The van der Waals surface area contributed by atoms with Crippen molar-refractivity contribution < 1.29 is 54.8 Å². The molecule has 0 aliphatic carbocycles. The molecule has 0 bridgehead atoms. The summed E-state index contributed by atoms with van der Waals surface area (Å²) in [5.74, 6) is -4.52. The maximum atomic E-state index is 14.5. The van der Waals surface area contributed by atoms with E-state index >= 15 is 0 Å². The van der Waals surface area contributed by atoms with E-state index in [-0.39, 0.29) is 24.6 Å².